The van der Waals surface area contributed by atoms with Gasteiger partial charge in [-0.2, -0.15) is 0 Å². The number of nitrogens with zero attached hydrogens (tertiary/aromatic N) is 1. The zero-order chi connectivity index (χ0) is 14.0. The molecule has 1 fully saturated rings. The van der Waals surface area contributed by atoms with Crippen LogP contribution in [0.4, 0.5) is 11.4 Å². The van der Waals surface area contributed by atoms with Gasteiger partial charge in [-0.05, 0) is 38.5 Å². The van der Waals surface area contributed by atoms with Gasteiger partial charge in [0, 0.05) is 25.5 Å². The van der Waals surface area contributed by atoms with Gasteiger partial charge >= 0.3 is 0 Å². The van der Waals surface area contributed by atoms with E-state index in [-0.39, 0.29) is 6.04 Å². The molecule has 0 bridgehead atoms. The Bertz CT molecular complexity index is 434. The lowest BCUT2D eigenvalue weighted by molar-refractivity contribution is -0.247. The van der Waals surface area contributed by atoms with Crippen LogP contribution in [-0.2, 0) is 9.47 Å². The third-order valence-electron chi connectivity index (χ3n) is 3.33. The first kappa shape index (κ1) is 14.2. The molecule has 0 spiro atoms. The summed E-state index contributed by atoms with van der Waals surface area (Å²) < 4.78 is 11.3. The second kappa shape index (κ2) is 5.39. The van der Waals surface area contributed by atoms with Crippen molar-refractivity contribution in [2.45, 2.75) is 32.6 Å². The Morgan fingerprint density at radius 3 is 2.42 bits per heavy atom. The molecule has 0 aliphatic carbocycles. The SMILES string of the molecule is Cc1ccc(NC2COC(C)(C)OC2)cc1N(C)C. The van der Waals surface area contributed by atoms with E-state index in [1.807, 2.05) is 13.8 Å². The first-order valence-corrected chi connectivity index (χ1v) is 6.70. The Hall–Kier alpha value is -1.26. The molecule has 0 radical (unpaired) electrons. The highest BCUT2D eigenvalue weighted by atomic mass is 16.7. The third kappa shape index (κ3) is 3.61. The minimum atomic E-state index is -0.458. The molecule has 106 valence electrons. The van der Waals surface area contributed by atoms with E-state index in [1.165, 1.54) is 11.3 Å². The summed E-state index contributed by atoms with van der Waals surface area (Å²) in [7, 11) is 4.11. The number of hydrogen-bond donors (Lipinski definition) is 1. The average molecular weight is 264 g/mol. The summed E-state index contributed by atoms with van der Waals surface area (Å²) in [6.45, 7) is 7.34. The van der Waals surface area contributed by atoms with Gasteiger partial charge in [0.05, 0.1) is 19.3 Å². The molecule has 1 aromatic carbocycles. The van der Waals surface area contributed by atoms with E-state index >= 15 is 0 Å². The number of ether oxygens (including phenoxy) is 2. The van der Waals surface area contributed by atoms with Crippen molar-refractivity contribution in [3.05, 3.63) is 23.8 Å². The Kier molecular flexibility index (Phi) is 4.02. The fourth-order valence-electron chi connectivity index (χ4n) is 2.19. The molecule has 1 aliphatic heterocycles. The zero-order valence-corrected chi connectivity index (χ0v) is 12.5. The summed E-state index contributed by atoms with van der Waals surface area (Å²) >= 11 is 0. The second-order valence-corrected chi connectivity index (χ2v) is 5.76. The molecule has 1 aliphatic rings. The van der Waals surface area contributed by atoms with Crippen LogP contribution in [0.3, 0.4) is 0 Å². The average Bonchev–Trinajstić information content (AvgIpc) is 2.34. The van der Waals surface area contributed by atoms with Crippen LogP contribution in [-0.4, -0.2) is 39.1 Å². The van der Waals surface area contributed by atoms with Crippen molar-refractivity contribution in [1.82, 2.24) is 0 Å². The third-order valence-corrected chi connectivity index (χ3v) is 3.33. The maximum atomic E-state index is 5.66. The summed E-state index contributed by atoms with van der Waals surface area (Å²) in [5.41, 5.74) is 3.60. The Balaban J connectivity index is 2.02. The molecule has 1 saturated heterocycles. The standard InChI is InChI=1S/C15H24N2O2/c1-11-6-7-12(8-14(11)17(4)5)16-13-9-18-15(2,3)19-10-13/h6-8,13,16H,9-10H2,1-5H3. The lowest BCUT2D eigenvalue weighted by Gasteiger charge is -2.35. The van der Waals surface area contributed by atoms with E-state index in [1.54, 1.807) is 0 Å². The van der Waals surface area contributed by atoms with Gasteiger partial charge in [0.2, 0.25) is 0 Å². The van der Waals surface area contributed by atoms with Gasteiger partial charge < -0.3 is 19.7 Å². The van der Waals surface area contributed by atoms with Crippen LogP contribution in [0.5, 0.6) is 0 Å². The number of anilines is 2. The highest BCUT2D eigenvalue weighted by Gasteiger charge is 2.28. The molecule has 4 heteroatoms. The van der Waals surface area contributed by atoms with Crippen LogP contribution in [0.2, 0.25) is 0 Å². The van der Waals surface area contributed by atoms with Crippen LogP contribution < -0.4 is 10.2 Å². The first-order chi connectivity index (χ1) is 8.87. The van der Waals surface area contributed by atoms with Crippen molar-refractivity contribution >= 4 is 11.4 Å². The highest BCUT2D eigenvalue weighted by Crippen LogP contribution is 2.24. The Morgan fingerprint density at radius 2 is 1.84 bits per heavy atom. The maximum absolute atomic E-state index is 5.66. The summed E-state index contributed by atoms with van der Waals surface area (Å²) in [6, 6.07) is 6.59. The van der Waals surface area contributed by atoms with Crippen LogP contribution in [0, 0.1) is 6.92 Å². The number of nitrogens with one attached hydrogen (secondary N) is 1. The van der Waals surface area contributed by atoms with Crippen molar-refractivity contribution < 1.29 is 9.47 Å². The topological polar surface area (TPSA) is 33.7 Å². The van der Waals surface area contributed by atoms with Gasteiger partial charge in [-0.1, -0.05) is 6.07 Å². The zero-order valence-electron chi connectivity index (χ0n) is 12.5. The van der Waals surface area contributed by atoms with Gasteiger partial charge in [-0.15, -0.1) is 0 Å². The molecule has 0 unspecified atom stereocenters. The van der Waals surface area contributed by atoms with Gasteiger partial charge in [0.1, 0.15) is 0 Å². The smallest absolute Gasteiger partial charge is 0.162 e. The number of hydrogen-bond acceptors (Lipinski definition) is 4. The van der Waals surface area contributed by atoms with Crippen LogP contribution in [0.1, 0.15) is 19.4 Å². The van der Waals surface area contributed by atoms with E-state index < -0.39 is 5.79 Å². The number of aryl methyl sites for hydroxylation is 1. The Labute approximate surface area is 115 Å². The summed E-state index contributed by atoms with van der Waals surface area (Å²) in [4.78, 5) is 2.12. The lowest BCUT2D eigenvalue weighted by atomic mass is 10.1. The fourth-order valence-corrected chi connectivity index (χ4v) is 2.19. The first-order valence-electron chi connectivity index (χ1n) is 6.70. The predicted octanol–water partition coefficient (Wildman–Crippen LogP) is 2.62. The normalized spacial score (nSPS) is 19.2. The molecule has 2 rings (SSSR count). The van der Waals surface area contributed by atoms with Crippen LogP contribution in [0.25, 0.3) is 0 Å². The van der Waals surface area contributed by atoms with E-state index in [0.29, 0.717) is 13.2 Å². The minimum absolute atomic E-state index is 0.200. The van der Waals surface area contributed by atoms with Crippen molar-refractivity contribution in [2.24, 2.45) is 0 Å². The molecule has 19 heavy (non-hydrogen) atoms. The second-order valence-electron chi connectivity index (χ2n) is 5.76. The van der Waals surface area contributed by atoms with Gasteiger partial charge in [0.15, 0.2) is 5.79 Å². The van der Waals surface area contributed by atoms with Crippen molar-refractivity contribution in [3.63, 3.8) is 0 Å². The molecule has 0 aromatic heterocycles. The summed E-state index contributed by atoms with van der Waals surface area (Å²) in [6.07, 6.45) is 0. The van der Waals surface area contributed by atoms with E-state index in [4.69, 9.17) is 9.47 Å². The van der Waals surface area contributed by atoms with Gasteiger partial charge in [-0.25, -0.2) is 0 Å². The largest absolute Gasteiger partial charge is 0.378 e. The van der Waals surface area contributed by atoms with E-state index in [9.17, 15) is 0 Å². The van der Waals surface area contributed by atoms with Crippen molar-refractivity contribution in [3.8, 4) is 0 Å². The van der Waals surface area contributed by atoms with Crippen LogP contribution >= 0.6 is 0 Å². The minimum Gasteiger partial charge on any atom is -0.378 e. The van der Waals surface area contributed by atoms with E-state index in [2.05, 4.69) is 49.4 Å². The molecular weight excluding hydrogens is 240 g/mol. The summed E-state index contributed by atoms with van der Waals surface area (Å²) in [5.74, 6) is -0.458. The molecule has 1 heterocycles. The molecule has 0 saturated carbocycles. The van der Waals surface area contributed by atoms with Crippen molar-refractivity contribution in [2.75, 3.05) is 37.5 Å². The summed E-state index contributed by atoms with van der Waals surface area (Å²) in [5, 5.41) is 3.46. The van der Waals surface area contributed by atoms with Gasteiger partial charge in [-0.3, -0.25) is 0 Å². The lowest BCUT2D eigenvalue weighted by Crippen LogP contribution is -2.45. The maximum Gasteiger partial charge on any atom is 0.162 e. The molecule has 0 atom stereocenters. The van der Waals surface area contributed by atoms with Crippen molar-refractivity contribution in [1.29, 1.82) is 0 Å². The predicted molar refractivity (Wildman–Crippen MR) is 78.9 cm³/mol. The molecule has 1 N–H and O–H groups in total. The van der Waals surface area contributed by atoms with Crippen LogP contribution in [0.15, 0.2) is 18.2 Å². The molecular formula is C15H24N2O2. The monoisotopic (exact) mass is 264 g/mol. The quantitative estimate of drug-likeness (QED) is 0.910. The molecule has 0 amide bonds. The van der Waals surface area contributed by atoms with E-state index in [0.717, 1.165) is 5.69 Å². The highest BCUT2D eigenvalue weighted by molar-refractivity contribution is 5.62. The fraction of sp³-hybridized carbons (Fsp3) is 0.600. The number of rotatable bonds is 3. The number of benzene rings is 1. The molecule has 1 aromatic rings. The Morgan fingerprint density at radius 1 is 1.21 bits per heavy atom. The van der Waals surface area contributed by atoms with Gasteiger partial charge in [0.25, 0.3) is 0 Å². The molecule has 4 nitrogen and oxygen atoms in total.